The van der Waals surface area contributed by atoms with Crippen molar-refractivity contribution in [3.8, 4) is 0 Å². The van der Waals surface area contributed by atoms with Crippen LogP contribution in [0.15, 0.2) is 11.4 Å². The van der Waals surface area contributed by atoms with Gasteiger partial charge < -0.3 is 5.11 Å². The lowest BCUT2D eigenvalue weighted by atomic mass is 10.0. The van der Waals surface area contributed by atoms with Crippen LogP contribution in [0.2, 0.25) is 0 Å². The maximum Gasteiger partial charge on any atom is 0.304 e. The number of aryl methyl sites for hydroxylation is 1. The molecule has 5 heteroatoms. The van der Waals surface area contributed by atoms with Crippen molar-refractivity contribution in [3.05, 3.63) is 21.9 Å². The summed E-state index contributed by atoms with van der Waals surface area (Å²) in [5.41, 5.74) is 1.47. The molecule has 1 N–H and O–H groups in total. The first kappa shape index (κ1) is 25.9. The fourth-order valence-electron chi connectivity index (χ4n) is 3.16. The zero-order chi connectivity index (χ0) is 20.5. The number of aliphatic carboxylic acids is 1. The fraction of sp³-hybridized carbons (Fsp3) is 0.783. The second-order valence-electron chi connectivity index (χ2n) is 7.51. The van der Waals surface area contributed by atoms with Crippen molar-refractivity contribution < 1.29 is 9.90 Å². The van der Waals surface area contributed by atoms with E-state index in [0.29, 0.717) is 10.3 Å². The predicted octanol–water partition coefficient (Wildman–Crippen LogP) is 8.56. The van der Waals surface area contributed by atoms with E-state index in [4.69, 9.17) is 5.11 Å². The molecule has 0 bridgehead atoms. The summed E-state index contributed by atoms with van der Waals surface area (Å²) in [6.07, 6.45) is 16.5. The Morgan fingerprint density at radius 2 is 1.54 bits per heavy atom. The van der Waals surface area contributed by atoms with E-state index in [1.54, 1.807) is 11.8 Å². The number of carboxylic acids is 1. The molecule has 2 nitrogen and oxygen atoms in total. The number of hydrogen-bond donors (Lipinski definition) is 1. The lowest BCUT2D eigenvalue weighted by molar-refractivity contribution is -0.136. The van der Waals surface area contributed by atoms with Crippen molar-refractivity contribution in [2.24, 2.45) is 0 Å². The van der Waals surface area contributed by atoms with Gasteiger partial charge in [-0.15, -0.1) is 34.9 Å². The molecule has 0 fully saturated rings. The summed E-state index contributed by atoms with van der Waals surface area (Å²) < 4.78 is 0.394. The van der Waals surface area contributed by atoms with Crippen molar-refractivity contribution in [1.82, 2.24) is 0 Å². The van der Waals surface area contributed by atoms with Crippen LogP contribution in [-0.2, 0) is 11.2 Å². The number of carboxylic acid groups (broad SMARTS) is 1. The highest BCUT2D eigenvalue weighted by Crippen LogP contribution is 2.43. The Bertz CT molecular complexity index is 502. The molecule has 28 heavy (non-hydrogen) atoms. The topological polar surface area (TPSA) is 37.3 Å². The van der Waals surface area contributed by atoms with Gasteiger partial charge >= 0.3 is 5.97 Å². The van der Waals surface area contributed by atoms with Gasteiger partial charge in [0.1, 0.15) is 0 Å². The minimum absolute atomic E-state index is 0.255. The van der Waals surface area contributed by atoms with E-state index >= 15 is 0 Å². The van der Waals surface area contributed by atoms with Crippen LogP contribution in [-0.4, -0.2) is 22.6 Å². The first-order valence-corrected chi connectivity index (χ1v) is 14.2. The van der Waals surface area contributed by atoms with E-state index in [1.807, 2.05) is 23.1 Å². The van der Waals surface area contributed by atoms with Gasteiger partial charge in [-0.1, -0.05) is 71.6 Å². The van der Waals surface area contributed by atoms with Gasteiger partial charge in [-0.2, -0.15) is 0 Å². The Morgan fingerprint density at radius 3 is 2.14 bits per heavy atom. The van der Waals surface area contributed by atoms with Crippen molar-refractivity contribution in [2.75, 3.05) is 11.5 Å². The Balaban J connectivity index is 2.22. The summed E-state index contributed by atoms with van der Waals surface area (Å²) >= 11 is 5.62. The van der Waals surface area contributed by atoms with Crippen LogP contribution < -0.4 is 0 Å². The van der Waals surface area contributed by atoms with Gasteiger partial charge in [-0.05, 0) is 42.0 Å². The predicted molar refractivity (Wildman–Crippen MR) is 130 cm³/mol. The van der Waals surface area contributed by atoms with E-state index < -0.39 is 5.97 Å². The lowest BCUT2D eigenvalue weighted by Gasteiger charge is -2.13. The van der Waals surface area contributed by atoms with Gasteiger partial charge in [-0.25, -0.2) is 0 Å². The molecule has 1 aromatic heterocycles. The van der Waals surface area contributed by atoms with E-state index in [-0.39, 0.29) is 6.42 Å². The molecule has 0 saturated carbocycles. The second-order valence-corrected chi connectivity index (χ2v) is 11.2. The van der Waals surface area contributed by atoms with Gasteiger partial charge in [0.05, 0.1) is 11.0 Å². The normalized spacial score (nSPS) is 12.4. The van der Waals surface area contributed by atoms with E-state index in [9.17, 15) is 4.79 Å². The van der Waals surface area contributed by atoms with Crippen LogP contribution in [0.5, 0.6) is 0 Å². The van der Waals surface area contributed by atoms with Crippen molar-refractivity contribution in [2.45, 2.75) is 102 Å². The van der Waals surface area contributed by atoms with Crippen LogP contribution in [0.4, 0.5) is 0 Å². The largest absolute Gasteiger partial charge is 0.481 e. The molecule has 1 aromatic rings. The summed E-state index contributed by atoms with van der Waals surface area (Å²) in [6.45, 7) is 4.48. The number of thioether (sulfide) groups is 2. The van der Waals surface area contributed by atoms with Crippen LogP contribution in [0.25, 0.3) is 0 Å². The number of thiophene rings is 1. The summed E-state index contributed by atoms with van der Waals surface area (Å²) in [5.74, 6) is 1.14. The molecule has 0 radical (unpaired) electrons. The summed E-state index contributed by atoms with van der Waals surface area (Å²) in [4.78, 5) is 12.2. The molecule has 1 heterocycles. The second kappa shape index (κ2) is 17.7. The third-order valence-electron chi connectivity index (χ3n) is 4.78. The number of hydrogen-bond acceptors (Lipinski definition) is 4. The molecule has 0 amide bonds. The average molecular weight is 445 g/mol. The first-order valence-electron chi connectivity index (χ1n) is 11.2. The van der Waals surface area contributed by atoms with Crippen LogP contribution in [0, 0.1) is 0 Å². The highest BCUT2D eigenvalue weighted by Gasteiger charge is 2.15. The molecule has 162 valence electrons. The van der Waals surface area contributed by atoms with E-state index in [2.05, 4.69) is 25.3 Å². The molecule has 0 aliphatic heterocycles. The Hall–Kier alpha value is -0.130. The quantitative estimate of drug-likeness (QED) is 0.171. The molecular weight excluding hydrogens is 404 g/mol. The third-order valence-corrected chi connectivity index (χ3v) is 9.14. The van der Waals surface area contributed by atoms with Crippen LogP contribution >= 0.6 is 34.9 Å². The molecule has 0 aliphatic carbocycles. The SMILES string of the molecule is CCCCCCCCCCCCc1csc(C(SCCC)SCCC(=O)O)c1. The minimum Gasteiger partial charge on any atom is -0.481 e. The molecule has 1 atom stereocenters. The van der Waals surface area contributed by atoms with E-state index in [1.165, 1.54) is 81.1 Å². The van der Waals surface area contributed by atoms with Crippen LogP contribution in [0.1, 0.15) is 106 Å². The van der Waals surface area contributed by atoms with Gasteiger partial charge in [-0.3, -0.25) is 4.79 Å². The van der Waals surface area contributed by atoms with Gasteiger partial charge in [0.15, 0.2) is 0 Å². The number of unbranched alkanes of at least 4 members (excludes halogenated alkanes) is 9. The Kier molecular flexibility index (Phi) is 16.4. The smallest absolute Gasteiger partial charge is 0.304 e. The van der Waals surface area contributed by atoms with Gasteiger partial charge in [0.25, 0.3) is 0 Å². The molecule has 0 spiro atoms. The minimum atomic E-state index is -0.695. The monoisotopic (exact) mass is 444 g/mol. The van der Waals surface area contributed by atoms with Crippen molar-refractivity contribution >= 4 is 40.8 Å². The average Bonchev–Trinajstić information content (AvgIpc) is 3.14. The van der Waals surface area contributed by atoms with Crippen molar-refractivity contribution in [3.63, 3.8) is 0 Å². The van der Waals surface area contributed by atoms with E-state index in [0.717, 1.165) is 12.2 Å². The highest BCUT2D eigenvalue weighted by atomic mass is 32.2. The van der Waals surface area contributed by atoms with Gasteiger partial charge in [0.2, 0.25) is 0 Å². The first-order chi connectivity index (χ1) is 13.7. The third kappa shape index (κ3) is 13.2. The van der Waals surface area contributed by atoms with Crippen LogP contribution in [0.3, 0.4) is 0 Å². The molecule has 0 saturated heterocycles. The van der Waals surface area contributed by atoms with Gasteiger partial charge in [0, 0.05) is 10.6 Å². The summed E-state index contributed by atoms with van der Waals surface area (Å²) in [6, 6.07) is 2.37. The maximum absolute atomic E-state index is 10.8. The summed E-state index contributed by atoms with van der Waals surface area (Å²) in [5, 5.41) is 11.2. The summed E-state index contributed by atoms with van der Waals surface area (Å²) in [7, 11) is 0. The Morgan fingerprint density at radius 1 is 0.929 bits per heavy atom. The van der Waals surface area contributed by atoms with Crippen molar-refractivity contribution in [1.29, 1.82) is 0 Å². The molecular formula is C23H40O2S3. The molecule has 0 aliphatic rings. The number of carbonyl (C=O) groups is 1. The maximum atomic E-state index is 10.8. The molecule has 0 aromatic carbocycles. The fourth-order valence-corrected chi connectivity index (χ4v) is 7.08. The number of rotatable bonds is 19. The molecule has 1 unspecified atom stereocenters. The zero-order valence-electron chi connectivity index (χ0n) is 17.9. The zero-order valence-corrected chi connectivity index (χ0v) is 20.4. The Labute approximate surface area is 185 Å². The molecule has 1 rings (SSSR count). The standard InChI is InChI=1S/C23H40O2S3/c1-3-5-6-7-8-9-10-11-12-13-14-20-18-21(28-19-20)23(26-16-4-2)27-17-15-22(24)25/h18-19,23H,3-17H2,1-2H3,(H,24,25). The lowest BCUT2D eigenvalue weighted by Crippen LogP contribution is -1.98. The highest BCUT2D eigenvalue weighted by molar-refractivity contribution is 8.16.